The Hall–Kier alpha value is -1.61. The van der Waals surface area contributed by atoms with Crippen LogP contribution in [0, 0.1) is 0 Å². The number of rotatable bonds is 2. The summed E-state index contributed by atoms with van der Waals surface area (Å²) < 4.78 is 0. The molecule has 0 aliphatic rings. The summed E-state index contributed by atoms with van der Waals surface area (Å²) in [5, 5.41) is 3.79. The van der Waals surface area contributed by atoms with E-state index >= 15 is 0 Å². The van der Waals surface area contributed by atoms with E-state index in [2.05, 4.69) is 15.3 Å². The second-order valence-electron chi connectivity index (χ2n) is 2.73. The van der Waals surface area contributed by atoms with Crippen molar-refractivity contribution in [3.05, 3.63) is 48.0 Å². The van der Waals surface area contributed by atoms with E-state index in [9.17, 15) is 0 Å². The molecule has 1 aromatic carbocycles. The molecule has 1 aromatic heterocycles. The summed E-state index contributed by atoms with van der Waals surface area (Å²) in [7, 11) is 0. The lowest BCUT2D eigenvalue weighted by Crippen LogP contribution is -1.92. The maximum Gasteiger partial charge on any atom is 0.115 e. The van der Waals surface area contributed by atoms with Gasteiger partial charge in [-0.05, 0) is 12.1 Å². The average Bonchev–Trinajstić information content (AvgIpc) is 2.23. The van der Waals surface area contributed by atoms with E-state index in [4.69, 9.17) is 11.6 Å². The summed E-state index contributed by atoms with van der Waals surface area (Å²) in [6.07, 6.45) is 4.87. The Balaban J connectivity index is 2.24. The molecule has 0 fully saturated rings. The third kappa shape index (κ3) is 2.00. The summed E-state index contributed by atoms with van der Waals surface area (Å²) in [5.41, 5.74) is 1.67. The Kier molecular flexibility index (Phi) is 2.60. The van der Waals surface area contributed by atoms with E-state index in [0.29, 0.717) is 5.02 Å². The lowest BCUT2D eigenvalue weighted by molar-refractivity contribution is 1.17. The molecule has 14 heavy (non-hydrogen) atoms. The molecule has 0 amide bonds. The smallest absolute Gasteiger partial charge is 0.115 e. The first-order valence-corrected chi connectivity index (χ1v) is 4.50. The van der Waals surface area contributed by atoms with Crippen LogP contribution in [-0.4, -0.2) is 9.97 Å². The number of hydrogen-bond donors (Lipinski definition) is 1. The number of nitrogens with zero attached hydrogens (tertiary/aromatic N) is 2. The first-order valence-electron chi connectivity index (χ1n) is 4.13. The molecule has 1 N–H and O–H groups in total. The van der Waals surface area contributed by atoms with E-state index in [1.54, 1.807) is 12.4 Å². The van der Waals surface area contributed by atoms with Crippen molar-refractivity contribution in [1.29, 1.82) is 0 Å². The number of hydrogen-bond acceptors (Lipinski definition) is 3. The average molecular weight is 206 g/mol. The SMILES string of the molecule is Clc1ccccc1Nc1cncnc1. The molecule has 2 rings (SSSR count). The predicted molar refractivity (Wildman–Crippen MR) is 56.8 cm³/mol. The molecule has 0 atom stereocenters. The molecule has 0 spiro atoms. The molecule has 0 saturated heterocycles. The first-order chi connectivity index (χ1) is 6.86. The van der Waals surface area contributed by atoms with Gasteiger partial charge in [-0.15, -0.1) is 0 Å². The molecule has 0 saturated carbocycles. The summed E-state index contributed by atoms with van der Waals surface area (Å²) in [6.45, 7) is 0. The largest absolute Gasteiger partial charge is 0.352 e. The van der Waals surface area contributed by atoms with Crippen molar-refractivity contribution >= 4 is 23.0 Å². The topological polar surface area (TPSA) is 37.8 Å². The van der Waals surface area contributed by atoms with Gasteiger partial charge >= 0.3 is 0 Å². The standard InChI is InChI=1S/C10H8ClN3/c11-9-3-1-2-4-10(9)14-8-5-12-7-13-6-8/h1-7,14H. The second-order valence-corrected chi connectivity index (χ2v) is 3.14. The molecular weight excluding hydrogens is 198 g/mol. The fraction of sp³-hybridized carbons (Fsp3) is 0. The highest BCUT2D eigenvalue weighted by molar-refractivity contribution is 6.33. The van der Waals surface area contributed by atoms with Gasteiger partial charge in [0.1, 0.15) is 6.33 Å². The van der Waals surface area contributed by atoms with Crippen molar-refractivity contribution in [2.24, 2.45) is 0 Å². The molecule has 0 bridgehead atoms. The van der Waals surface area contributed by atoms with Crippen molar-refractivity contribution in [1.82, 2.24) is 9.97 Å². The number of benzene rings is 1. The van der Waals surface area contributed by atoms with Crippen LogP contribution in [0.3, 0.4) is 0 Å². The van der Waals surface area contributed by atoms with E-state index in [0.717, 1.165) is 11.4 Å². The Morgan fingerprint density at radius 2 is 1.79 bits per heavy atom. The third-order valence-electron chi connectivity index (χ3n) is 1.71. The molecule has 0 radical (unpaired) electrons. The highest BCUT2D eigenvalue weighted by Gasteiger charge is 1.98. The molecule has 1 heterocycles. The lowest BCUT2D eigenvalue weighted by atomic mass is 10.3. The van der Waals surface area contributed by atoms with Crippen LogP contribution in [0.25, 0.3) is 0 Å². The van der Waals surface area contributed by atoms with E-state index in [-0.39, 0.29) is 0 Å². The van der Waals surface area contributed by atoms with Crippen LogP contribution >= 0.6 is 11.6 Å². The fourth-order valence-corrected chi connectivity index (χ4v) is 1.26. The van der Waals surface area contributed by atoms with Crippen molar-refractivity contribution in [3.8, 4) is 0 Å². The van der Waals surface area contributed by atoms with Gasteiger partial charge in [0.25, 0.3) is 0 Å². The van der Waals surface area contributed by atoms with Crippen molar-refractivity contribution in [3.63, 3.8) is 0 Å². The van der Waals surface area contributed by atoms with Gasteiger partial charge in [0.2, 0.25) is 0 Å². The third-order valence-corrected chi connectivity index (χ3v) is 2.04. The summed E-state index contributed by atoms with van der Waals surface area (Å²) in [6, 6.07) is 7.52. The minimum atomic E-state index is 0.677. The van der Waals surface area contributed by atoms with Crippen LogP contribution in [0.1, 0.15) is 0 Å². The molecule has 2 aromatic rings. The quantitative estimate of drug-likeness (QED) is 0.819. The minimum absolute atomic E-state index is 0.677. The monoisotopic (exact) mass is 205 g/mol. The Bertz CT molecular complexity index is 417. The van der Waals surface area contributed by atoms with Crippen LogP contribution in [-0.2, 0) is 0 Å². The molecular formula is C10H8ClN3. The van der Waals surface area contributed by atoms with Crippen LogP contribution in [0.4, 0.5) is 11.4 Å². The molecule has 0 unspecified atom stereocenters. The van der Waals surface area contributed by atoms with E-state index < -0.39 is 0 Å². The van der Waals surface area contributed by atoms with Gasteiger partial charge < -0.3 is 5.32 Å². The normalized spacial score (nSPS) is 9.79. The maximum atomic E-state index is 5.97. The summed E-state index contributed by atoms with van der Waals surface area (Å²) in [5.74, 6) is 0. The molecule has 4 heteroatoms. The van der Waals surface area contributed by atoms with Gasteiger partial charge in [-0.2, -0.15) is 0 Å². The van der Waals surface area contributed by atoms with Crippen molar-refractivity contribution in [2.75, 3.05) is 5.32 Å². The number of anilines is 2. The molecule has 0 aliphatic carbocycles. The Labute approximate surface area is 86.8 Å². The second kappa shape index (κ2) is 4.07. The van der Waals surface area contributed by atoms with Gasteiger partial charge in [0, 0.05) is 0 Å². The van der Waals surface area contributed by atoms with Crippen molar-refractivity contribution in [2.45, 2.75) is 0 Å². The predicted octanol–water partition coefficient (Wildman–Crippen LogP) is 2.87. The number of nitrogens with one attached hydrogen (secondary N) is 1. The lowest BCUT2D eigenvalue weighted by Gasteiger charge is -2.06. The van der Waals surface area contributed by atoms with Gasteiger partial charge in [0.05, 0.1) is 28.8 Å². The van der Waals surface area contributed by atoms with Gasteiger partial charge in [-0.1, -0.05) is 23.7 Å². The minimum Gasteiger partial charge on any atom is -0.352 e. The fourth-order valence-electron chi connectivity index (χ4n) is 1.08. The highest BCUT2D eigenvalue weighted by atomic mass is 35.5. The van der Waals surface area contributed by atoms with E-state index in [1.165, 1.54) is 6.33 Å². The zero-order valence-corrected chi connectivity index (χ0v) is 8.07. The molecule has 70 valence electrons. The number of aromatic nitrogens is 2. The highest BCUT2D eigenvalue weighted by Crippen LogP contribution is 2.23. The zero-order chi connectivity index (χ0) is 9.80. The summed E-state index contributed by atoms with van der Waals surface area (Å²) in [4.78, 5) is 7.79. The number of para-hydroxylation sites is 1. The van der Waals surface area contributed by atoms with Crippen LogP contribution < -0.4 is 5.32 Å². The van der Waals surface area contributed by atoms with Crippen LogP contribution in [0.5, 0.6) is 0 Å². The Morgan fingerprint density at radius 3 is 2.50 bits per heavy atom. The zero-order valence-electron chi connectivity index (χ0n) is 7.31. The van der Waals surface area contributed by atoms with Gasteiger partial charge in [0.15, 0.2) is 0 Å². The van der Waals surface area contributed by atoms with E-state index in [1.807, 2.05) is 24.3 Å². The molecule has 3 nitrogen and oxygen atoms in total. The first kappa shape index (κ1) is 8.97. The van der Waals surface area contributed by atoms with Crippen LogP contribution in [0.2, 0.25) is 5.02 Å². The molecule has 0 aliphatic heterocycles. The van der Waals surface area contributed by atoms with Gasteiger partial charge in [-0.25, -0.2) is 9.97 Å². The van der Waals surface area contributed by atoms with Crippen molar-refractivity contribution < 1.29 is 0 Å². The van der Waals surface area contributed by atoms with Crippen LogP contribution in [0.15, 0.2) is 43.0 Å². The number of halogens is 1. The maximum absolute atomic E-state index is 5.97. The Morgan fingerprint density at radius 1 is 1.07 bits per heavy atom. The van der Waals surface area contributed by atoms with Gasteiger partial charge in [-0.3, -0.25) is 0 Å². The summed E-state index contributed by atoms with van der Waals surface area (Å²) >= 11 is 5.97.